The zero-order valence-electron chi connectivity index (χ0n) is 7.43. The molecule has 78 valence electrons. The number of nitrogen functional groups attached to an aromatic ring is 1. The number of nitrogens with zero attached hydrogens (tertiary/aromatic N) is 1. The molecule has 0 radical (unpaired) electrons. The molecule has 2 N–H and O–H groups in total. The molecule has 0 amide bonds. The van der Waals surface area contributed by atoms with Crippen molar-refractivity contribution in [3.05, 3.63) is 17.5 Å². The van der Waals surface area contributed by atoms with E-state index >= 15 is 0 Å². The number of halogens is 3. The van der Waals surface area contributed by atoms with Crippen molar-refractivity contribution in [2.75, 3.05) is 12.8 Å². The summed E-state index contributed by atoms with van der Waals surface area (Å²) in [6.07, 6.45) is -2.69. The fraction of sp³-hybridized carbons (Fsp3) is 0.375. The molecule has 0 fully saturated rings. The maximum atomic E-state index is 12.5. The van der Waals surface area contributed by atoms with Crippen molar-refractivity contribution >= 4 is 21.6 Å². The summed E-state index contributed by atoms with van der Waals surface area (Å²) in [7, 11) is 1.28. The first kappa shape index (κ1) is 11.2. The predicted octanol–water partition coefficient (Wildman–Crippen LogP) is 2.50. The third kappa shape index (κ3) is 2.12. The van der Waals surface area contributed by atoms with Gasteiger partial charge in [0.05, 0.1) is 18.5 Å². The van der Waals surface area contributed by atoms with E-state index in [-0.39, 0.29) is 11.4 Å². The summed E-state index contributed by atoms with van der Waals surface area (Å²) in [6, 6.07) is 1.50. The number of anilines is 1. The molecule has 6 heteroatoms. The highest BCUT2D eigenvalue weighted by molar-refractivity contribution is 9.08. The molecular formula is C8H9BrF2N2O. The molecule has 0 unspecified atom stereocenters. The summed E-state index contributed by atoms with van der Waals surface area (Å²) in [5.41, 5.74) is 5.74. The minimum atomic E-state index is -2.69. The highest BCUT2D eigenvalue weighted by Crippen LogP contribution is 2.32. The van der Waals surface area contributed by atoms with Crippen LogP contribution in [0.2, 0.25) is 0 Å². The van der Waals surface area contributed by atoms with Crippen LogP contribution in [0.1, 0.15) is 17.8 Å². The second kappa shape index (κ2) is 4.54. The van der Waals surface area contributed by atoms with Gasteiger partial charge in [-0.25, -0.2) is 13.8 Å². The molecule has 3 nitrogen and oxygen atoms in total. The Hall–Kier alpha value is -0.910. The Bertz CT molecular complexity index is 333. The van der Waals surface area contributed by atoms with Crippen LogP contribution in [-0.4, -0.2) is 12.1 Å². The molecule has 1 rings (SSSR count). The maximum Gasteiger partial charge on any atom is 0.284 e. The van der Waals surface area contributed by atoms with E-state index in [4.69, 9.17) is 10.5 Å². The average Bonchev–Trinajstić information content (AvgIpc) is 2.16. The number of nitrogens with two attached hydrogens (primary N) is 1. The van der Waals surface area contributed by atoms with Crippen LogP contribution < -0.4 is 10.5 Å². The molecule has 0 saturated carbocycles. The van der Waals surface area contributed by atoms with Crippen LogP contribution in [0, 0.1) is 0 Å². The van der Waals surface area contributed by atoms with Gasteiger partial charge in [0.2, 0.25) is 0 Å². The number of ether oxygens (including phenoxy) is 1. The van der Waals surface area contributed by atoms with E-state index in [1.165, 1.54) is 13.2 Å². The van der Waals surface area contributed by atoms with Crippen molar-refractivity contribution in [3.8, 4) is 5.75 Å². The van der Waals surface area contributed by atoms with Gasteiger partial charge in [-0.3, -0.25) is 0 Å². The summed E-state index contributed by atoms with van der Waals surface area (Å²) in [4.78, 5) is 3.72. The summed E-state index contributed by atoms with van der Waals surface area (Å²) < 4.78 is 29.7. The average molecular weight is 267 g/mol. The van der Waals surface area contributed by atoms with Crippen molar-refractivity contribution < 1.29 is 13.5 Å². The van der Waals surface area contributed by atoms with Gasteiger partial charge in [-0.15, -0.1) is 0 Å². The minimum Gasteiger partial charge on any atom is -0.492 e. The summed E-state index contributed by atoms with van der Waals surface area (Å²) in [5.74, 6) is -0.0512. The van der Waals surface area contributed by atoms with Crippen LogP contribution in [0.25, 0.3) is 0 Å². The SMILES string of the molecule is COc1c(N)cc(CBr)nc1C(F)F. The van der Waals surface area contributed by atoms with Gasteiger partial charge in [-0.1, -0.05) is 15.9 Å². The summed E-state index contributed by atoms with van der Waals surface area (Å²) in [6.45, 7) is 0. The molecule has 0 aliphatic heterocycles. The van der Waals surface area contributed by atoms with E-state index in [2.05, 4.69) is 20.9 Å². The lowest BCUT2D eigenvalue weighted by atomic mass is 10.2. The van der Waals surface area contributed by atoms with Gasteiger partial charge in [0.1, 0.15) is 0 Å². The van der Waals surface area contributed by atoms with Gasteiger partial charge >= 0.3 is 0 Å². The van der Waals surface area contributed by atoms with Crippen molar-refractivity contribution in [1.29, 1.82) is 0 Å². The lowest BCUT2D eigenvalue weighted by molar-refractivity contribution is 0.141. The lowest BCUT2D eigenvalue weighted by Gasteiger charge is -2.10. The van der Waals surface area contributed by atoms with Crippen molar-refractivity contribution in [2.24, 2.45) is 0 Å². The van der Waals surface area contributed by atoms with Gasteiger partial charge in [0.25, 0.3) is 6.43 Å². The van der Waals surface area contributed by atoms with E-state index in [9.17, 15) is 8.78 Å². The van der Waals surface area contributed by atoms with Crippen LogP contribution in [0.15, 0.2) is 6.07 Å². The molecule has 0 bridgehead atoms. The van der Waals surface area contributed by atoms with Gasteiger partial charge in [0.15, 0.2) is 11.4 Å². The van der Waals surface area contributed by atoms with Gasteiger partial charge < -0.3 is 10.5 Å². The standard InChI is InChI=1S/C8H9BrF2N2O/c1-14-7-5(12)2-4(3-9)13-6(7)8(10)11/h2,8H,3H2,1H3,(H2,12,13). The number of pyridine rings is 1. The predicted molar refractivity (Wildman–Crippen MR) is 52.8 cm³/mol. The zero-order chi connectivity index (χ0) is 10.7. The fourth-order valence-electron chi connectivity index (χ4n) is 1.07. The molecule has 0 aromatic carbocycles. The molecule has 14 heavy (non-hydrogen) atoms. The number of rotatable bonds is 3. The second-order valence-corrected chi connectivity index (χ2v) is 3.12. The third-order valence-electron chi connectivity index (χ3n) is 1.63. The highest BCUT2D eigenvalue weighted by Gasteiger charge is 2.19. The number of alkyl halides is 3. The van der Waals surface area contributed by atoms with Crippen LogP contribution >= 0.6 is 15.9 Å². The Morgan fingerprint density at radius 1 is 1.64 bits per heavy atom. The lowest BCUT2D eigenvalue weighted by Crippen LogP contribution is -2.03. The Morgan fingerprint density at radius 2 is 2.29 bits per heavy atom. The van der Waals surface area contributed by atoms with Crippen molar-refractivity contribution in [3.63, 3.8) is 0 Å². The number of aromatic nitrogens is 1. The third-order valence-corrected chi connectivity index (χ3v) is 2.20. The largest absolute Gasteiger partial charge is 0.492 e. The van der Waals surface area contributed by atoms with Crippen LogP contribution in [-0.2, 0) is 5.33 Å². The molecule has 0 atom stereocenters. The number of hydrogen-bond acceptors (Lipinski definition) is 3. The van der Waals surface area contributed by atoms with E-state index in [0.717, 1.165) is 0 Å². The van der Waals surface area contributed by atoms with Crippen molar-refractivity contribution in [2.45, 2.75) is 11.8 Å². The van der Waals surface area contributed by atoms with E-state index in [1.54, 1.807) is 0 Å². The van der Waals surface area contributed by atoms with Crippen LogP contribution in [0.3, 0.4) is 0 Å². The quantitative estimate of drug-likeness (QED) is 0.856. The van der Waals surface area contributed by atoms with E-state index in [1.807, 2.05) is 0 Å². The van der Waals surface area contributed by atoms with E-state index < -0.39 is 12.1 Å². The smallest absolute Gasteiger partial charge is 0.284 e. The number of methoxy groups -OCH3 is 1. The van der Waals surface area contributed by atoms with Gasteiger partial charge in [0, 0.05) is 5.33 Å². The Kier molecular flexibility index (Phi) is 3.62. The molecule has 1 heterocycles. The van der Waals surface area contributed by atoms with Crippen molar-refractivity contribution in [1.82, 2.24) is 4.98 Å². The zero-order valence-corrected chi connectivity index (χ0v) is 9.01. The molecule has 0 saturated heterocycles. The van der Waals surface area contributed by atoms with E-state index in [0.29, 0.717) is 11.0 Å². The number of hydrogen-bond donors (Lipinski definition) is 1. The first-order chi connectivity index (χ1) is 6.60. The minimum absolute atomic E-state index is 0.0512. The first-order valence-corrected chi connectivity index (χ1v) is 4.89. The second-order valence-electron chi connectivity index (χ2n) is 2.56. The highest BCUT2D eigenvalue weighted by atomic mass is 79.9. The summed E-state index contributed by atoms with van der Waals surface area (Å²) in [5, 5.41) is 0.376. The monoisotopic (exact) mass is 266 g/mol. The fourth-order valence-corrected chi connectivity index (χ4v) is 1.36. The molecule has 1 aromatic rings. The normalized spacial score (nSPS) is 10.6. The van der Waals surface area contributed by atoms with Crippen LogP contribution in [0.5, 0.6) is 5.75 Å². The van der Waals surface area contributed by atoms with Gasteiger partial charge in [-0.2, -0.15) is 0 Å². The molecule has 0 aliphatic rings. The molecule has 1 aromatic heterocycles. The topological polar surface area (TPSA) is 48.1 Å². The Labute approximate surface area is 88.4 Å². The Balaban J connectivity index is 3.28. The molecular weight excluding hydrogens is 258 g/mol. The Morgan fingerprint density at radius 3 is 2.71 bits per heavy atom. The maximum absolute atomic E-state index is 12.5. The molecule has 0 spiro atoms. The van der Waals surface area contributed by atoms with Gasteiger partial charge in [-0.05, 0) is 6.07 Å². The van der Waals surface area contributed by atoms with Crippen LogP contribution in [0.4, 0.5) is 14.5 Å². The summed E-state index contributed by atoms with van der Waals surface area (Å²) >= 11 is 3.12. The first-order valence-electron chi connectivity index (χ1n) is 3.77. The molecule has 0 aliphatic carbocycles.